The van der Waals surface area contributed by atoms with Gasteiger partial charge in [0.1, 0.15) is 5.82 Å². The second kappa shape index (κ2) is 4.88. The number of halogens is 3. The molecule has 2 rings (SSSR count). The molecule has 0 amide bonds. The summed E-state index contributed by atoms with van der Waals surface area (Å²) >= 11 is 0. The number of nitrogens with zero attached hydrogens (tertiary/aromatic N) is 1. The third-order valence-electron chi connectivity index (χ3n) is 4.00. The van der Waals surface area contributed by atoms with Gasteiger partial charge < -0.3 is 14.6 Å². The van der Waals surface area contributed by atoms with Crippen LogP contribution in [-0.4, -0.2) is 30.4 Å². The molecule has 1 aliphatic heterocycles. The molecule has 1 fully saturated rings. The highest BCUT2D eigenvalue weighted by molar-refractivity contribution is 6.62. The van der Waals surface area contributed by atoms with Crippen LogP contribution in [-0.2, 0) is 15.5 Å². The van der Waals surface area contributed by atoms with Crippen molar-refractivity contribution in [2.24, 2.45) is 0 Å². The van der Waals surface area contributed by atoms with Crippen LogP contribution in [0.1, 0.15) is 33.3 Å². The monoisotopic (exact) mass is 302 g/mol. The molecular formula is C13H18BF3N2O2. The van der Waals surface area contributed by atoms with Crippen LogP contribution in [0, 0.1) is 0 Å². The van der Waals surface area contributed by atoms with Crippen LogP contribution in [0.5, 0.6) is 0 Å². The van der Waals surface area contributed by atoms with Crippen LogP contribution in [0.3, 0.4) is 0 Å². The van der Waals surface area contributed by atoms with Gasteiger partial charge in [-0.3, -0.25) is 0 Å². The summed E-state index contributed by atoms with van der Waals surface area (Å²) in [6.07, 6.45) is -3.36. The van der Waals surface area contributed by atoms with E-state index < -0.39 is 30.1 Å². The van der Waals surface area contributed by atoms with Gasteiger partial charge in [-0.25, -0.2) is 4.98 Å². The molecule has 0 aliphatic carbocycles. The lowest BCUT2D eigenvalue weighted by atomic mass is 9.77. The van der Waals surface area contributed by atoms with Gasteiger partial charge in [-0.1, -0.05) is 0 Å². The number of pyridine rings is 1. The van der Waals surface area contributed by atoms with E-state index in [1.54, 1.807) is 27.7 Å². The third-order valence-corrected chi connectivity index (χ3v) is 4.00. The summed E-state index contributed by atoms with van der Waals surface area (Å²) in [5, 5.41) is 2.60. The number of nitrogens with one attached hydrogen (secondary N) is 1. The lowest BCUT2D eigenvalue weighted by molar-refractivity contribution is -0.136. The Morgan fingerprint density at radius 3 is 2.10 bits per heavy atom. The summed E-state index contributed by atoms with van der Waals surface area (Å²) < 4.78 is 51.1. The van der Waals surface area contributed by atoms with E-state index in [4.69, 9.17) is 9.31 Å². The molecule has 0 bridgehead atoms. The fourth-order valence-electron chi connectivity index (χ4n) is 2.01. The van der Waals surface area contributed by atoms with Crippen LogP contribution in [0.4, 0.5) is 19.0 Å². The second-order valence-electron chi connectivity index (χ2n) is 5.99. The van der Waals surface area contributed by atoms with E-state index >= 15 is 0 Å². The maximum Gasteiger partial charge on any atom is 0.497 e. The molecule has 1 aromatic heterocycles. The van der Waals surface area contributed by atoms with Gasteiger partial charge in [-0.05, 0) is 33.8 Å². The van der Waals surface area contributed by atoms with Crippen molar-refractivity contribution in [3.63, 3.8) is 0 Å². The van der Waals surface area contributed by atoms with Crippen LogP contribution in [0.25, 0.3) is 0 Å². The zero-order chi connectivity index (χ0) is 16.1. The van der Waals surface area contributed by atoms with Crippen LogP contribution in [0.15, 0.2) is 12.3 Å². The molecule has 0 spiro atoms. The predicted molar refractivity (Wildman–Crippen MR) is 74.5 cm³/mol. The predicted octanol–water partition coefficient (Wildman–Crippen LogP) is 2.44. The van der Waals surface area contributed by atoms with Gasteiger partial charge in [0.2, 0.25) is 0 Å². The number of alkyl halides is 3. The van der Waals surface area contributed by atoms with Crippen molar-refractivity contribution in [1.82, 2.24) is 4.98 Å². The number of hydrogen-bond acceptors (Lipinski definition) is 4. The molecule has 116 valence electrons. The van der Waals surface area contributed by atoms with Gasteiger partial charge in [0.15, 0.2) is 0 Å². The Morgan fingerprint density at radius 2 is 1.67 bits per heavy atom. The van der Waals surface area contributed by atoms with E-state index in [2.05, 4.69) is 10.3 Å². The van der Waals surface area contributed by atoms with Gasteiger partial charge in [0.25, 0.3) is 0 Å². The molecule has 8 heteroatoms. The molecule has 0 radical (unpaired) electrons. The van der Waals surface area contributed by atoms with Gasteiger partial charge in [0, 0.05) is 18.7 Å². The summed E-state index contributed by atoms with van der Waals surface area (Å²) in [7, 11) is 0.418. The van der Waals surface area contributed by atoms with Gasteiger partial charge >= 0.3 is 13.3 Å². The highest BCUT2D eigenvalue weighted by Crippen LogP contribution is 2.38. The lowest BCUT2D eigenvalue weighted by Crippen LogP contribution is -2.41. The molecule has 1 saturated heterocycles. The topological polar surface area (TPSA) is 43.4 Å². The van der Waals surface area contributed by atoms with Crippen LogP contribution in [0.2, 0.25) is 0 Å². The third kappa shape index (κ3) is 2.87. The smallest absolute Gasteiger partial charge is 0.399 e. The Morgan fingerprint density at radius 1 is 1.14 bits per heavy atom. The minimum Gasteiger partial charge on any atom is -0.399 e. The second-order valence-corrected chi connectivity index (χ2v) is 5.99. The van der Waals surface area contributed by atoms with E-state index in [9.17, 15) is 13.2 Å². The standard InChI is InChI=1S/C13H18BF3N2O2/c1-11(2)12(3,4)21-14(20-11)9-7-19-10(18-5)6-8(9)13(15,16)17/h6-7H,1-5H3,(H,18,19). The summed E-state index contributed by atoms with van der Waals surface area (Å²) in [6.45, 7) is 7.15. The van der Waals surface area contributed by atoms with Crippen molar-refractivity contribution in [3.8, 4) is 0 Å². The molecule has 4 nitrogen and oxygen atoms in total. The summed E-state index contributed by atoms with van der Waals surface area (Å²) in [5.74, 6) is 0.141. The number of hydrogen-bond donors (Lipinski definition) is 1. The fraction of sp³-hybridized carbons (Fsp3) is 0.615. The molecule has 21 heavy (non-hydrogen) atoms. The summed E-state index contributed by atoms with van der Waals surface area (Å²) in [5.41, 5.74) is -2.33. The van der Waals surface area contributed by atoms with Crippen molar-refractivity contribution in [3.05, 3.63) is 17.8 Å². The summed E-state index contributed by atoms with van der Waals surface area (Å²) in [4.78, 5) is 3.94. The number of rotatable bonds is 2. The maximum absolute atomic E-state index is 13.2. The van der Waals surface area contributed by atoms with E-state index in [1.165, 1.54) is 7.05 Å². The molecule has 0 saturated carbocycles. The van der Waals surface area contributed by atoms with Gasteiger partial charge in [0.05, 0.1) is 16.8 Å². The minimum atomic E-state index is -4.51. The van der Waals surface area contributed by atoms with E-state index in [0.29, 0.717) is 0 Å². The molecule has 1 aliphatic rings. The Bertz CT molecular complexity index is 531. The number of anilines is 1. The van der Waals surface area contributed by atoms with Gasteiger partial charge in [-0.2, -0.15) is 13.2 Å². The molecule has 0 atom stereocenters. The highest BCUT2D eigenvalue weighted by Gasteiger charge is 2.53. The van der Waals surface area contributed by atoms with Crippen molar-refractivity contribution in [1.29, 1.82) is 0 Å². The average molecular weight is 302 g/mol. The molecule has 2 heterocycles. The normalized spacial score (nSPS) is 20.7. The molecular weight excluding hydrogens is 284 g/mol. The van der Waals surface area contributed by atoms with E-state index in [1.807, 2.05) is 0 Å². The summed E-state index contributed by atoms with van der Waals surface area (Å²) in [6, 6.07) is 0.959. The Balaban J connectivity index is 2.46. The highest BCUT2D eigenvalue weighted by atomic mass is 19.4. The van der Waals surface area contributed by atoms with Crippen molar-refractivity contribution in [2.45, 2.75) is 45.1 Å². The number of aromatic nitrogens is 1. The Labute approximate surface area is 122 Å². The Kier molecular flexibility index (Phi) is 3.74. The molecule has 1 aromatic rings. The zero-order valence-corrected chi connectivity index (χ0v) is 12.6. The largest absolute Gasteiger partial charge is 0.497 e. The van der Waals surface area contributed by atoms with Gasteiger partial charge in [-0.15, -0.1) is 0 Å². The van der Waals surface area contributed by atoms with Crippen molar-refractivity contribution < 1.29 is 22.5 Å². The van der Waals surface area contributed by atoms with Crippen LogP contribution < -0.4 is 10.8 Å². The molecule has 0 aromatic carbocycles. The quantitative estimate of drug-likeness (QED) is 0.852. The first-order chi connectivity index (χ1) is 9.48. The first-order valence-electron chi connectivity index (χ1n) is 6.58. The van der Waals surface area contributed by atoms with Crippen molar-refractivity contribution >= 4 is 18.4 Å². The van der Waals surface area contributed by atoms with E-state index in [0.717, 1.165) is 12.3 Å². The fourth-order valence-corrected chi connectivity index (χ4v) is 2.01. The zero-order valence-electron chi connectivity index (χ0n) is 12.6. The molecule has 0 unspecified atom stereocenters. The first-order valence-corrected chi connectivity index (χ1v) is 6.58. The maximum atomic E-state index is 13.2. The SMILES string of the molecule is CNc1cc(C(F)(F)F)c(B2OC(C)(C)C(C)(C)O2)cn1. The minimum absolute atomic E-state index is 0.111. The van der Waals surface area contributed by atoms with E-state index in [-0.39, 0.29) is 11.3 Å². The first kappa shape index (κ1) is 16.1. The average Bonchev–Trinajstić information content (AvgIpc) is 2.56. The Hall–Kier alpha value is -1.28. The lowest BCUT2D eigenvalue weighted by Gasteiger charge is -2.32. The van der Waals surface area contributed by atoms with Crippen LogP contribution >= 0.6 is 0 Å². The van der Waals surface area contributed by atoms with Crippen molar-refractivity contribution in [2.75, 3.05) is 12.4 Å². The molecule has 1 N–H and O–H groups in total.